The predicted octanol–water partition coefficient (Wildman–Crippen LogP) is 3.55. The number of halogens is 4. The second-order valence-corrected chi connectivity index (χ2v) is 7.41. The molecule has 1 aromatic rings. The van der Waals surface area contributed by atoms with Crippen molar-refractivity contribution in [1.29, 1.82) is 0 Å². The number of carbonyl (C=O) groups is 1. The Morgan fingerprint density at radius 2 is 1.71 bits per heavy atom. The summed E-state index contributed by atoms with van der Waals surface area (Å²) < 4.78 is 54.8. The van der Waals surface area contributed by atoms with Crippen LogP contribution in [-0.4, -0.2) is 59.9 Å². The fourth-order valence-corrected chi connectivity index (χ4v) is 4.04. The van der Waals surface area contributed by atoms with E-state index in [-0.39, 0.29) is 0 Å². The number of rotatable bonds is 3. The molecular weight excluding hydrogens is 380 g/mol. The number of hydrogen-bond acceptors (Lipinski definition) is 5. The molecule has 3 heterocycles. The average molecular weight is 404 g/mol. The van der Waals surface area contributed by atoms with Crippen molar-refractivity contribution in [3.05, 3.63) is 17.8 Å². The summed E-state index contributed by atoms with van der Waals surface area (Å²) in [6.45, 7) is 2.38. The van der Waals surface area contributed by atoms with Crippen LogP contribution in [0.2, 0.25) is 0 Å². The summed E-state index contributed by atoms with van der Waals surface area (Å²) in [5.74, 6) is 1.31. The van der Waals surface area contributed by atoms with Gasteiger partial charge in [-0.15, -0.1) is 0 Å². The molecule has 2 aliphatic heterocycles. The maximum atomic E-state index is 14.0. The Kier molecular flexibility index (Phi) is 6.24. The van der Waals surface area contributed by atoms with Crippen LogP contribution in [0.4, 0.5) is 28.2 Å². The molecule has 1 amide bonds. The summed E-state index contributed by atoms with van der Waals surface area (Å²) in [5, 5.41) is 0. The molecule has 2 fully saturated rings. The van der Waals surface area contributed by atoms with Crippen molar-refractivity contribution in [3.8, 4) is 0 Å². The van der Waals surface area contributed by atoms with Crippen LogP contribution in [0, 0.1) is 24.6 Å². The number of nitrogens with zero attached hydrogens (tertiary/aromatic N) is 4. The number of piperidine rings is 2. The molecule has 0 aromatic carbocycles. The van der Waals surface area contributed by atoms with E-state index >= 15 is 0 Å². The Bertz CT molecular complexity index is 685. The van der Waals surface area contributed by atoms with Crippen molar-refractivity contribution in [1.82, 2.24) is 14.9 Å². The Morgan fingerprint density at radius 3 is 2.29 bits per heavy atom. The first kappa shape index (κ1) is 20.6. The fraction of sp³-hybridized carbons (Fsp3) is 0.722. The van der Waals surface area contributed by atoms with E-state index in [9.17, 15) is 22.4 Å². The minimum absolute atomic E-state index is 0.341. The molecule has 1 aromatic heterocycles. The van der Waals surface area contributed by atoms with Gasteiger partial charge in [0.05, 0.1) is 6.20 Å². The van der Waals surface area contributed by atoms with Gasteiger partial charge >= 0.3 is 12.3 Å². The Morgan fingerprint density at radius 1 is 1.14 bits per heavy atom. The molecule has 0 spiro atoms. The Labute approximate surface area is 160 Å². The molecule has 156 valence electrons. The molecule has 0 atom stereocenters. The number of hydrogen-bond donors (Lipinski definition) is 0. The minimum atomic E-state index is -4.51. The van der Waals surface area contributed by atoms with Crippen molar-refractivity contribution in [2.24, 2.45) is 11.8 Å². The molecule has 2 saturated heterocycles. The molecule has 0 aliphatic carbocycles. The number of aromatic nitrogens is 2. The van der Waals surface area contributed by atoms with Gasteiger partial charge in [0, 0.05) is 26.2 Å². The number of carbonyl (C=O) groups excluding carboxylic acids is 1. The van der Waals surface area contributed by atoms with Gasteiger partial charge in [0.1, 0.15) is 5.82 Å². The number of likely N-dealkylation sites (tertiary alicyclic amines) is 1. The summed E-state index contributed by atoms with van der Waals surface area (Å²) >= 11 is 0. The molecule has 0 bridgehead atoms. The lowest BCUT2D eigenvalue weighted by Gasteiger charge is -2.40. The number of ether oxygens (including phenoxy) is 1. The van der Waals surface area contributed by atoms with Crippen LogP contribution in [0.15, 0.2) is 6.20 Å². The van der Waals surface area contributed by atoms with Gasteiger partial charge in [0.25, 0.3) is 0 Å². The van der Waals surface area contributed by atoms with E-state index in [2.05, 4.69) is 14.7 Å². The van der Waals surface area contributed by atoms with Crippen LogP contribution in [0.5, 0.6) is 0 Å². The summed E-state index contributed by atoms with van der Waals surface area (Å²) in [4.78, 5) is 23.1. The SMILES string of the molecule is Cc1ncc(F)c(N2CCC(C3CCN(C(=O)OCC(F)(F)F)CC3)CC2)n1. The zero-order valence-corrected chi connectivity index (χ0v) is 15.7. The quantitative estimate of drug-likeness (QED) is 0.721. The summed E-state index contributed by atoms with van der Waals surface area (Å²) in [7, 11) is 0. The lowest BCUT2D eigenvalue weighted by atomic mass is 9.79. The number of anilines is 1. The van der Waals surface area contributed by atoms with Crippen molar-refractivity contribution in [2.75, 3.05) is 37.7 Å². The van der Waals surface area contributed by atoms with E-state index in [4.69, 9.17) is 0 Å². The maximum Gasteiger partial charge on any atom is 0.422 e. The molecule has 0 unspecified atom stereocenters. The monoisotopic (exact) mass is 404 g/mol. The van der Waals surface area contributed by atoms with Crippen LogP contribution < -0.4 is 4.90 Å². The molecule has 2 aliphatic rings. The van der Waals surface area contributed by atoms with Crippen molar-refractivity contribution in [3.63, 3.8) is 0 Å². The molecular formula is C18H24F4N4O2. The molecule has 10 heteroatoms. The summed E-state index contributed by atoms with van der Waals surface area (Å²) in [5.41, 5.74) is 0. The first-order valence-electron chi connectivity index (χ1n) is 9.45. The summed E-state index contributed by atoms with van der Waals surface area (Å²) in [6, 6.07) is 0. The number of aryl methyl sites for hydroxylation is 1. The third-order valence-electron chi connectivity index (χ3n) is 5.51. The smallest absolute Gasteiger partial charge is 0.422 e. The first-order chi connectivity index (χ1) is 13.2. The van der Waals surface area contributed by atoms with Gasteiger partial charge in [0.15, 0.2) is 18.2 Å². The van der Waals surface area contributed by atoms with Gasteiger partial charge in [-0.25, -0.2) is 19.2 Å². The van der Waals surface area contributed by atoms with E-state index in [1.165, 1.54) is 11.1 Å². The third-order valence-corrected chi connectivity index (χ3v) is 5.51. The number of alkyl halides is 3. The zero-order chi connectivity index (χ0) is 20.3. The lowest BCUT2D eigenvalue weighted by Crippen LogP contribution is -2.43. The highest BCUT2D eigenvalue weighted by molar-refractivity contribution is 5.67. The van der Waals surface area contributed by atoms with E-state index in [1.807, 2.05) is 4.90 Å². The topological polar surface area (TPSA) is 58.6 Å². The van der Waals surface area contributed by atoms with Gasteiger partial charge in [-0.05, 0) is 44.4 Å². The molecule has 0 saturated carbocycles. The highest BCUT2D eigenvalue weighted by Gasteiger charge is 2.34. The Balaban J connectivity index is 1.45. The zero-order valence-electron chi connectivity index (χ0n) is 15.7. The largest absolute Gasteiger partial charge is 0.440 e. The lowest BCUT2D eigenvalue weighted by molar-refractivity contribution is -0.162. The third kappa shape index (κ3) is 5.23. The molecule has 0 radical (unpaired) electrons. The van der Waals surface area contributed by atoms with Crippen molar-refractivity contribution >= 4 is 11.9 Å². The fourth-order valence-electron chi connectivity index (χ4n) is 4.04. The second kappa shape index (κ2) is 8.48. The van der Waals surface area contributed by atoms with Crippen LogP contribution in [0.1, 0.15) is 31.5 Å². The molecule has 6 nitrogen and oxygen atoms in total. The molecule has 28 heavy (non-hydrogen) atoms. The molecule has 0 N–H and O–H groups in total. The van der Waals surface area contributed by atoms with E-state index in [0.29, 0.717) is 49.7 Å². The number of amides is 1. The van der Waals surface area contributed by atoms with Gasteiger partial charge in [-0.3, -0.25) is 0 Å². The van der Waals surface area contributed by atoms with Crippen molar-refractivity contribution < 1.29 is 27.1 Å². The first-order valence-corrected chi connectivity index (χ1v) is 9.45. The highest BCUT2D eigenvalue weighted by Crippen LogP contribution is 2.34. The van der Waals surface area contributed by atoms with E-state index in [0.717, 1.165) is 25.7 Å². The normalized spacial score (nSPS) is 19.8. The Hall–Kier alpha value is -2.13. The van der Waals surface area contributed by atoms with Gasteiger partial charge < -0.3 is 14.5 Å². The van der Waals surface area contributed by atoms with Gasteiger partial charge in [-0.1, -0.05) is 0 Å². The summed E-state index contributed by atoms with van der Waals surface area (Å²) in [6.07, 6.45) is -0.946. The minimum Gasteiger partial charge on any atom is -0.440 e. The maximum absolute atomic E-state index is 14.0. The van der Waals surface area contributed by atoms with Crippen LogP contribution >= 0.6 is 0 Å². The van der Waals surface area contributed by atoms with E-state index < -0.39 is 24.7 Å². The second-order valence-electron chi connectivity index (χ2n) is 7.41. The predicted molar refractivity (Wildman–Crippen MR) is 93.4 cm³/mol. The van der Waals surface area contributed by atoms with Gasteiger partial charge in [-0.2, -0.15) is 13.2 Å². The molecule has 3 rings (SSSR count). The van der Waals surface area contributed by atoms with Crippen LogP contribution in [0.25, 0.3) is 0 Å². The standard InChI is InChI=1S/C18H24F4N4O2/c1-12-23-10-15(19)16(24-12)25-6-2-13(3-7-25)14-4-8-26(9-5-14)17(27)28-11-18(20,21)22/h10,13-14H,2-9,11H2,1H3. The van der Waals surface area contributed by atoms with Crippen LogP contribution in [-0.2, 0) is 4.74 Å². The van der Waals surface area contributed by atoms with E-state index in [1.54, 1.807) is 6.92 Å². The average Bonchev–Trinajstić information content (AvgIpc) is 2.68. The van der Waals surface area contributed by atoms with Gasteiger partial charge in [0.2, 0.25) is 0 Å². The van der Waals surface area contributed by atoms with Crippen molar-refractivity contribution in [2.45, 2.75) is 38.8 Å². The van der Waals surface area contributed by atoms with Crippen LogP contribution in [0.3, 0.4) is 0 Å². The highest BCUT2D eigenvalue weighted by atomic mass is 19.4.